The average molecular weight is 284 g/mol. The van der Waals surface area contributed by atoms with Gasteiger partial charge >= 0.3 is 0 Å². The van der Waals surface area contributed by atoms with Gasteiger partial charge in [-0.3, -0.25) is 4.90 Å². The zero-order valence-electron chi connectivity index (χ0n) is 13.1. The van der Waals surface area contributed by atoms with E-state index in [1.165, 1.54) is 12.8 Å². The predicted octanol–water partition coefficient (Wildman–Crippen LogP) is 1.22. The van der Waals surface area contributed by atoms with Crippen LogP contribution in [0.15, 0.2) is 0 Å². The third kappa shape index (κ3) is 4.42. The van der Waals surface area contributed by atoms with Gasteiger partial charge in [-0.15, -0.1) is 0 Å². The van der Waals surface area contributed by atoms with Crippen LogP contribution in [0.25, 0.3) is 0 Å². The Balaban J connectivity index is 1.90. The van der Waals surface area contributed by atoms with E-state index in [0.717, 1.165) is 44.8 Å². The average Bonchev–Trinajstić information content (AvgIpc) is 3.30. The zero-order valence-corrected chi connectivity index (χ0v) is 13.1. The van der Waals surface area contributed by atoms with Crippen molar-refractivity contribution in [3.8, 4) is 0 Å². The summed E-state index contributed by atoms with van der Waals surface area (Å²) < 4.78 is 0. The second-order valence-corrected chi connectivity index (χ2v) is 6.73. The van der Waals surface area contributed by atoms with E-state index in [-0.39, 0.29) is 12.7 Å². The molecule has 20 heavy (non-hydrogen) atoms. The molecule has 3 N–H and O–H groups in total. The molecule has 118 valence electrons. The van der Waals surface area contributed by atoms with E-state index >= 15 is 0 Å². The van der Waals surface area contributed by atoms with Crippen molar-refractivity contribution in [1.29, 1.82) is 0 Å². The molecule has 1 saturated heterocycles. The summed E-state index contributed by atoms with van der Waals surface area (Å²) in [5, 5.41) is 22.7. The Morgan fingerprint density at radius 3 is 2.60 bits per heavy atom. The van der Waals surface area contributed by atoms with Gasteiger partial charge in [0.15, 0.2) is 0 Å². The van der Waals surface area contributed by atoms with Gasteiger partial charge in [-0.05, 0) is 57.4 Å². The number of hydrogen-bond donors (Lipinski definition) is 3. The van der Waals surface area contributed by atoms with Crippen molar-refractivity contribution in [2.24, 2.45) is 11.8 Å². The number of rotatable bonds is 8. The van der Waals surface area contributed by atoms with Crippen molar-refractivity contribution in [2.75, 3.05) is 26.2 Å². The van der Waals surface area contributed by atoms with Crippen molar-refractivity contribution in [3.05, 3.63) is 0 Å². The fraction of sp³-hybridized carbons (Fsp3) is 1.00. The highest BCUT2D eigenvalue weighted by atomic mass is 16.3. The third-order valence-electron chi connectivity index (χ3n) is 5.12. The molecule has 4 heteroatoms. The Bertz CT molecular complexity index is 284. The summed E-state index contributed by atoms with van der Waals surface area (Å²) in [5.74, 6) is 1.27. The van der Waals surface area contributed by atoms with Gasteiger partial charge in [-0.2, -0.15) is 0 Å². The summed E-state index contributed by atoms with van der Waals surface area (Å²) in [5.41, 5.74) is 0. The maximum Gasteiger partial charge on any atom is 0.0578 e. The Kier molecular flexibility index (Phi) is 6.27. The van der Waals surface area contributed by atoms with Crippen LogP contribution in [0.3, 0.4) is 0 Å². The maximum absolute atomic E-state index is 10.2. The predicted molar refractivity (Wildman–Crippen MR) is 81.7 cm³/mol. The van der Waals surface area contributed by atoms with Gasteiger partial charge in [-0.1, -0.05) is 6.92 Å². The molecule has 0 bridgehead atoms. The van der Waals surface area contributed by atoms with Gasteiger partial charge in [-0.25, -0.2) is 0 Å². The standard InChI is InChI=1S/C16H32N2O2/c1-3-16(20)14-9-15(17-7-4-8-19)11-18(10-14)12(2)13-5-6-13/h12-17,19-20H,3-11H2,1-2H3. The first-order chi connectivity index (χ1) is 9.65. The molecule has 0 aromatic heterocycles. The zero-order chi connectivity index (χ0) is 14.5. The van der Waals surface area contributed by atoms with Crippen molar-refractivity contribution in [2.45, 2.75) is 64.1 Å². The van der Waals surface area contributed by atoms with E-state index < -0.39 is 0 Å². The lowest BCUT2D eigenvalue weighted by molar-refractivity contribution is 0.0179. The van der Waals surface area contributed by atoms with Crippen LogP contribution in [-0.4, -0.2) is 59.5 Å². The number of aliphatic hydroxyl groups excluding tert-OH is 2. The number of aliphatic hydroxyl groups is 2. The van der Waals surface area contributed by atoms with Gasteiger partial charge in [0.1, 0.15) is 0 Å². The molecule has 4 unspecified atom stereocenters. The Morgan fingerprint density at radius 2 is 2.00 bits per heavy atom. The van der Waals surface area contributed by atoms with Gasteiger partial charge < -0.3 is 15.5 Å². The first kappa shape index (κ1) is 16.2. The van der Waals surface area contributed by atoms with Crippen LogP contribution < -0.4 is 5.32 Å². The lowest BCUT2D eigenvalue weighted by atomic mass is 9.87. The smallest absolute Gasteiger partial charge is 0.0578 e. The molecule has 1 aliphatic heterocycles. The molecule has 0 spiro atoms. The highest BCUT2D eigenvalue weighted by molar-refractivity contribution is 4.93. The first-order valence-electron chi connectivity index (χ1n) is 8.42. The number of piperidine rings is 1. The summed E-state index contributed by atoms with van der Waals surface area (Å²) in [6, 6.07) is 1.12. The number of nitrogens with zero attached hydrogens (tertiary/aromatic N) is 1. The molecule has 0 aromatic rings. The fourth-order valence-electron chi connectivity index (χ4n) is 3.53. The number of hydrogen-bond acceptors (Lipinski definition) is 4. The molecule has 1 saturated carbocycles. The quantitative estimate of drug-likeness (QED) is 0.587. The second-order valence-electron chi connectivity index (χ2n) is 6.73. The van der Waals surface area contributed by atoms with Gasteiger partial charge in [0, 0.05) is 31.8 Å². The van der Waals surface area contributed by atoms with E-state index in [1.54, 1.807) is 0 Å². The first-order valence-corrected chi connectivity index (χ1v) is 8.42. The highest BCUT2D eigenvalue weighted by Gasteiger charge is 2.37. The van der Waals surface area contributed by atoms with Crippen LogP contribution in [0.4, 0.5) is 0 Å². The lowest BCUT2D eigenvalue weighted by Crippen LogP contribution is -2.54. The molecule has 2 fully saturated rings. The summed E-state index contributed by atoms with van der Waals surface area (Å²) in [6.07, 6.45) is 5.30. The molecule has 4 atom stereocenters. The summed E-state index contributed by atoms with van der Waals surface area (Å²) in [7, 11) is 0. The molecular weight excluding hydrogens is 252 g/mol. The maximum atomic E-state index is 10.2. The Hall–Kier alpha value is -0.160. The number of nitrogens with one attached hydrogen (secondary N) is 1. The minimum Gasteiger partial charge on any atom is -0.396 e. The van der Waals surface area contributed by atoms with E-state index in [1.807, 2.05) is 0 Å². The van der Waals surface area contributed by atoms with Crippen molar-refractivity contribution in [1.82, 2.24) is 10.2 Å². The molecule has 1 aliphatic carbocycles. The lowest BCUT2D eigenvalue weighted by Gasteiger charge is -2.43. The van der Waals surface area contributed by atoms with Gasteiger partial charge in [0.05, 0.1) is 6.10 Å². The van der Waals surface area contributed by atoms with Crippen LogP contribution in [0.5, 0.6) is 0 Å². The van der Waals surface area contributed by atoms with Gasteiger partial charge in [0.2, 0.25) is 0 Å². The van der Waals surface area contributed by atoms with Crippen LogP contribution in [-0.2, 0) is 0 Å². The van der Waals surface area contributed by atoms with Crippen LogP contribution in [0.1, 0.15) is 46.0 Å². The molecule has 0 amide bonds. The highest BCUT2D eigenvalue weighted by Crippen LogP contribution is 2.37. The largest absolute Gasteiger partial charge is 0.396 e. The summed E-state index contributed by atoms with van der Waals surface area (Å²) >= 11 is 0. The van der Waals surface area contributed by atoms with Crippen LogP contribution >= 0.6 is 0 Å². The Labute approximate surface area is 123 Å². The van der Waals surface area contributed by atoms with E-state index in [0.29, 0.717) is 18.0 Å². The molecule has 0 radical (unpaired) electrons. The van der Waals surface area contributed by atoms with E-state index in [9.17, 15) is 5.11 Å². The van der Waals surface area contributed by atoms with Crippen molar-refractivity contribution >= 4 is 0 Å². The van der Waals surface area contributed by atoms with Crippen LogP contribution in [0, 0.1) is 11.8 Å². The normalized spacial score (nSPS) is 31.2. The van der Waals surface area contributed by atoms with Crippen molar-refractivity contribution in [3.63, 3.8) is 0 Å². The molecular formula is C16H32N2O2. The molecule has 2 aliphatic rings. The molecule has 2 rings (SSSR count). The molecule has 0 aromatic carbocycles. The van der Waals surface area contributed by atoms with E-state index in [4.69, 9.17) is 5.11 Å². The van der Waals surface area contributed by atoms with Crippen molar-refractivity contribution < 1.29 is 10.2 Å². The minimum atomic E-state index is -0.175. The Morgan fingerprint density at radius 1 is 1.25 bits per heavy atom. The van der Waals surface area contributed by atoms with Crippen LogP contribution in [0.2, 0.25) is 0 Å². The SMILES string of the molecule is CCC(O)C1CC(NCCCO)CN(C(C)C2CC2)C1. The van der Waals surface area contributed by atoms with Gasteiger partial charge in [0.25, 0.3) is 0 Å². The summed E-state index contributed by atoms with van der Waals surface area (Å²) in [4.78, 5) is 2.58. The second kappa shape index (κ2) is 7.74. The molecule has 4 nitrogen and oxygen atoms in total. The third-order valence-corrected chi connectivity index (χ3v) is 5.12. The minimum absolute atomic E-state index is 0.175. The molecule has 1 heterocycles. The number of likely N-dealkylation sites (tertiary alicyclic amines) is 1. The topological polar surface area (TPSA) is 55.7 Å². The fourth-order valence-corrected chi connectivity index (χ4v) is 3.53. The summed E-state index contributed by atoms with van der Waals surface area (Å²) in [6.45, 7) is 7.69. The van der Waals surface area contributed by atoms with E-state index in [2.05, 4.69) is 24.1 Å². The monoisotopic (exact) mass is 284 g/mol.